The first-order valence-corrected chi connectivity index (χ1v) is 6.26. The van der Waals surface area contributed by atoms with Gasteiger partial charge in [0.15, 0.2) is 0 Å². The van der Waals surface area contributed by atoms with Crippen molar-refractivity contribution in [1.29, 1.82) is 0 Å². The Labute approximate surface area is 95.8 Å². The molecular weight excluding hydrogens is 180 g/mol. The average molecular weight is 206 g/mol. The standard InChI is InChI=1S/C15H26/c1-5-8-11-14(4)15(12-9-6-2)13-10-7-3/h6,9,12H,4-5,7-8,10-11,13H2,1-3H3/b9-6+,15-12+. The van der Waals surface area contributed by atoms with Crippen LogP contribution in [0.25, 0.3) is 0 Å². The van der Waals surface area contributed by atoms with Gasteiger partial charge in [0.05, 0.1) is 0 Å². The maximum Gasteiger partial charge on any atom is -0.0276 e. The lowest BCUT2D eigenvalue weighted by atomic mass is 9.97. The topological polar surface area (TPSA) is 0 Å². The zero-order valence-electron chi connectivity index (χ0n) is 10.7. The van der Waals surface area contributed by atoms with Gasteiger partial charge in [0.2, 0.25) is 0 Å². The monoisotopic (exact) mass is 206 g/mol. The quantitative estimate of drug-likeness (QED) is 0.465. The molecule has 0 atom stereocenters. The Hall–Kier alpha value is -0.780. The second-order valence-electron chi connectivity index (χ2n) is 4.03. The molecule has 0 N–H and O–H groups in total. The summed E-state index contributed by atoms with van der Waals surface area (Å²) in [5.41, 5.74) is 2.78. The van der Waals surface area contributed by atoms with Gasteiger partial charge in [-0.3, -0.25) is 0 Å². The van der Waals surface area contributed by atoms with Crippen LogP contribution < -0.4 is 0 Å². The summed E-state index contributed by atoms with van der Waals surface area (Å²) >= 11 is 0. The van der Waals surface area contributed by atoms with E-state index in [-0.39, 0.29) is 0 Å². The molecule has 15 heavy (non-hydrogen) atoms. The lowest BCUT2D eigenvalue weighted by Gasteiger charge is -2.09. The molecule has 0 unspecified atom stereocenters. The molecule has 0 aliphatic rings. The second-order valence-corrected chi connectivity index (χ2v) is 4.03. The first kappa shape index (κ1) is 14.2. The van der Waals surface area contributed by atoms with Gasteiger partial charge in [0.25, 0.3) is 0 Å². The van der Waals surface area contributed by atoms with Gasteiger partial charge >= 0.3 is 0 Å². The Morgan fingerprint density at radius 1 is 1.07 bits per heavy atom. The molecule has 86 valence electrons. The maximum absolute atomic E-state index is 4.20. The highest BCUT2D eigenvalue weighted by molar-refractivity contribution is 5.31. The molecule has 0 aliphatic carbocycles. The maximum atomic E-state index is 4.20. The van der Waals surface area contributed by atoms with Crippen molar-refractivity contribution in [1.82, 2.24) is 0 Å². The fourth-order valence-corrected chi connectivity index (χ4v) is 1.51. The van der Waals surface area contributed by atoms with Gasteiger partial charge in [0.1, 0.15) is 0 Å². The molecule has 0 bridgehead atoms. The fourth-order valence-electron chi connectivity index (χ4n) is 1.51. The minimum absolute atomic E-state index is 1.16. The van der Waals surface area contributed by atoms with Crippen molar-refractivity contribution in [2.45, 2.75) is 59.3 Å². The van der Waals surface area contributed by atoms with Crippen LogP contribution in [0, 0.1) is 0 Å². The molecule has 0 aromatic carbocycles. The highest BCUT2D eigenvalue weighted by atomic mass is 14.1. The van der Waals surface area contributed by atoms with Gasteiger partial charge in [-0.15, -0.1) is 0 Å². The summed E-state index contributed by atoms with van der Waals surface area (Å²) < 4.78 is 0. The molecule has 0 amide bonds. The highest BCUT2D eigenvalue weighted by Gasteiger charge is 2.01. The highest BCUT2D eigenvalue weighted by Crippen LogP contribution is 2.20. The molecule has 0 aromatic heterocycles. The van der Waals surface area contributed by atoms with Crippen LogP contribution in [-0.4, -0.2) is 0 Å². The predicted octanol–water partition coefficient (Wildman–Crippen LogP) is 5.43. The van der Waals surface area contributed by atoms with Gasteiger partial charge in [0, 0.05) is 0 Å². The van der Waals surface area contributed by atoms with Crippen LogP contribution >= 0.6 is 0 Å². The summed E-state index contributed by atoms with van der Waals surface area (Å²) in [6, 6.07) is 0. The van der Waals surface area contributed by atoms with E-state index >= 15 is 0 Å². The number of unbranched alkanes of at least 4 members (excludes halogenated alkanes) is 2. The van der Waals surface area contributed by atoms with Gasteiger partial charge in [-0.2, -0.15) is 0 Å². The Balaban J connectivity index is 4.27. The molecule has 0 rings (SSSR count). The van der Waals surface area contributed by atoms with Crippen molar-refractivity contribution >= 4 is 0 Å². The summed E-state index contributed by atoms with van der Waals surface area (Å²) in [7, 11) is 0. The van der Waals surface area contributed by atoms with Crippen LogP contribution in [0.2, 0.25) is 0 Å². The van der Waals surface area contributed by atoms with E-state index in [1.165, 1.54) is 43.3 Å². The van der Waals surface area contributed by atoms with Crippen LogP contribution in [0.3, 0.4) is 0 Å². The van der Waals surface area contributed by atoms with E-state index in [1.807, 2.05) is 0 Å². The van der Waals surface area contributed by atoms with Gasteiger partial charge in [-0.25, -0.2) is 0 Å². The molecule has 0 aliphatic heterocycles. The van der Waals surface area contributed by atoms with Crippen molar-refractivity contribution in [3.63, 3.8) is 0 Å². The Kier molecular flexibility index (Phi) is 9.26. The molecule has 0 heteroatoms. The van der Waals surface area contributed by atoms with E-state index in [0.717, 1.165) is 6.42 Å². The van der Waals surface area contributed by atoms with Crippen molar-refractivity contribution in [2.75, 3.05) is 0 Å². The lowest BCUT2D eigenvalue weighted by molar-refractivity contribution is 0.754. The number of hydrogen-bond donors (Lipinski definition) is 0. The van der Waals surface area contributed by atoms with E-state index < -0.39 is 0 Å². The lowest BCUT2D eigenvalue weighted by Crippen LogP contribution is -1.89. The summed E-state index contributed by atoms with van der Waals surface area (Å²) in [4.78, 5) is 0. The summed E-state index contributed by atoms with van der Waals surface area (Å²) in [5, 5.41) is 0. The van der Waals surface area contributed by atoms with Crippen molar-refractivity contribution < 1.29 is 0 Å². The third-order valence-corrected chi connectivity index (χ3v) is 2.58. The number of allylic oxidation sites excluding steroid dienone is 5. The van der Waals surface area contributed by atoms with Gasteiger partial charge in [-0.05, 0) is 38.2 Å². The van der Waals surface area contributed by atoms with Crippen LogP contribution in [-0.2, 0) is 0 Å². The zero-order chi connectivity index (χ0) is 11.5. The third kappa shape index (κ3) is 7.18. The molecule has 0 fully saturated rings. The summed E-state index contributed by atoms with van der Waals surface area (Å²) in [6.45, 7) is 10.7. The van der Waals surface area contributed by atoms with Crippen LogP contribution in [0.1, 0.15) is 59.3 Å². The van der Waals surface area contributed by atoms with Crippen LogP contribution in [0.15, 0.2) is 36.0 Å². The molecule has 0 nitrogen and oxygen atoms in total. The first-order chi connectivity index (χ1) is 7.26. The van der Waals surface area contributed by atoms with E-state index in [0.29, 0.717) is 0 Å². The minimum Gasteiger partial charge on any atom is -0.0956 e. The van der Waals surface area contributed by atoms with E-state index in [9.17, 15) is 0 Å². The van der Waals surface area contributed by atoms with Crippen molar-refractivity contribution in [2.24, 2.45) is 0 Å². The molecule has 0 aromatic rings. The smallest absolute Gasteiger partial charge is 0.0276 e. The predicted molar refractivity (Wildman–Crippen MR) is 71.1 cm³/mol. The first-order valence-electron chi connectivity index (χ1n) is 6.26. The summed E-state index contributed by atoms with van der Waals surface area (Å²) in [5.74, 6) is 0. The molecule has 0 saturated heterocycles. The van der Waals surface area contributed by atoms with Crippen LogP contribution in [0.4, 0.5) is 0 Å². The molecule has 0 spiro atoms. The van der Waals surface area contributed by atoms with Gasteiger partial charge < -0.3 is 0 Å². The van der Waals surface area contributed by atoms with E-state index in [2.05, 4.69) is 45.6 Å². The second kappa shape index (κ2) is 9.76. The third-order valence-electron chi connectivity index (χ3n) is 2.58. The number of rotatable bonds is 8. The minimum atomic E-state index is 1.16. The molecular formula is C15H26. The number of hydrogen-bond acceptors (Lipinski definition) is 0. The van der Waals surface area contributed by atoms with Crippen molar-refractivity contribution in [3.8, 4) is 0 Å². The molecule has 0 saturated carbocycles. The average Bonchev–Trinajstić information content (AvgIpc) is 2.26. The Bertz CT molecular complexity index is 218. The largest absolute Gasteiger partial charge is 0.0956 e. The van der Waals surface area contributed by atoms with Gasteiger partial charge in [-0.1, -0.05) is 57.1 Å². The normalized spacial score (nSPS) is 12.3. The SMILES string of the molecule is C=C(CCCC)/C(=C/C=C/C)CCCC. The Morgan fingerprint density at radius 3 is 2.20 bits per heavy atom. The summed E-state index contributed by atoms with van der Waals surface area (Å²) in [6.07, 6.45) is 13.8. The van der Waals surface area contributed by atoms with E-state index in [1.54, 1.807) is 0 Å². The van der Waals surface area contributed by atoms with E-state index in [4.69, 9.17) is 0 Å². The molecule has 0 radical (unpaired) electrons. The Morgan fingerprint density at radius 2 is 1.67 bits per heavy atom. The molecule has 0 heterocycles. The van der Waals surface area contributed by atoms with Crippen molar-refractivity contribution in [3.05, 3.63) is 36.0 Å². The fraction of sp³-hybridized carbons (Fsp3) is 0.600. The van der Waals surface area contributed by atoms with Crippen LogP contribution in [0.5, 0.6) is 0 Å². The zero-order valence-corrected chi connectivity index (χ0v) is 10.7.